The molecular weight excluding hydrogens is 556 g/mol. The highest BCUT2D eigenvalue weighted by molar-refractivity contribution is 14.1. The Bertz CT molecular complexity index is 1240. The van der Waals surface area contributed by atoms with E-state index in [4.69, 9.17) is 5.41 Å². The second-order valence-corrected chi connectivity index (χ2v) is 9.78. The molecule has 0 unspecified atom stereocenters. The van der Waals surface area contributed by atoms with Crippen molar-refractivity contribution in [2.24, 2.45) is 0 Å². The zero-order chi connectivity index (χ0) is 24.5. The Hall–Kier alpha value is -2.72. The van der Waals surface area contributed by atoms with Crippen LogP contribution in [-0.4, -0.2) is 40.3 Å². The fourth-order valence-corrected chi connectivity index (χ4v) is 4.55. The van der Waals surface area contributed by atoms with Crippen molar-refractivity contribution < 1.29 is 23.1 Å². The number of aliphatic hydroxyl groups is 1. The summed E-state index contributed by atoms with van der Waals surface area (Å²) in [4.78, 5) is 14.4. The fourth-order valence-electron chi connectivity index (χ4n) is 4.10. The maximum absolute atomic E-state index is 14.7. The number of benzene rings is 3. The summed E-state index contributed by atoms with van der Waals surface area (Å²) in [5.74, 6) is -3.41. The van der Waals surface area contributed by atoms with Crippen LogP contribution in [0, 0.1) is 26.4 Å². The van der Waals surface area contributed by atoms with Gasteiger partial charge in [-0.15, -0.1) is 0 Å². The van der Waals surface area contributed by atoms with Crippen molar-refractivity contribution in [1.82, 2.24) is 4.90 Å². The van der Waals surface area contributed by atoms with E-state index in [1.54, 1.807) is 6.07 Å². The van der Waals surface area contributed by atoms with Gasteiger partial charge in [-0.1, -0.05) is 36.4 Å². The summed E-state index contributed by atoms with van der Waals surface area (Å²) in [7, 11) is 0. The van der Waals surface area contributed by atoms with Crippen LogP contribution in [-0.2, 0) is 6.42 Å². The minimum Gasteiger partial charge on any atom is -0.386 e. The van der Waals surface area contributed by atoms with Crippen LogP contribution in [0.3, 0.4) is 0 Å². The van der Waals surface area contributed by atoms with Gasteiger partial charge in [0, 0.05) is 26.8 Å². The van der Waals surface area contributed by atoms with E-state index in [-0.39, 0.29) is 36.2 Å². The SMILES string of the molecule is N=C(CCC1(O)CN(C(=O)c2ccc(F)c(F)c2Cc2ccc(I)cc2F)C1)c1ccccc1. The number of likely N-dealkylation sites (tertiary alicyclic amines) is 1. The topological polar surface area (TPSA) is 64.4 Å². The van der Waals surface area contributed by atoms with Gasteiger partial charge in [0.05, 0.1) is 13.1 Å². The summed E-state index contributed by atoms with van der Waals surface area (Å²) < 4.78 is 43.7. The lowest BCUT2D eigenvalue weighted by Gasteiger charge is -2.46. The first-order valence-electron chi connectivity index (χ1n) is 10.7. The minimum atomic E-state index is -1.18. The predicted octanol–water partition coefficient (Wildman–Crippen LogP) is 5.33. The van der Waals surface area contributed by atoms with E-state index in [0.29, 0.717) is 22.1 Å². The number of rotatable bonds is 7. The van der Waals surface area contributed by atoms with Crippen molar-refractivity contribution in [2.45, 2.75) is 24.9 Å². The lowest BCUT2D eigenvalue weighted by Crippen LogP contribution is -2.63. The molecule has 0 aromatic heterocycles. The van der Waals surface area contributed by atoms with Crippen LogP contribution < -0.4 is 0 Å². The van der Waals surface area contributed by atoms with E-state index in [1.165, 1.54) is 23.1 Å². The van der Waals surface area contributed by atoms with Crippen LogP contribution in [0.1, 0.15) is 39.9 Å². The number of β-amino-alcohol motifs (C(OH)–C–C–N with tert-alkyl or cyclic N) is 1. The lowest BCUT2D eigenvalue weighted by molar-refractivity contribution is -0.0844. The highest BCUT2D eigenvalue weighted by atomic mass is 127. The number of halogens is 4. The minimum absolute atomic E-state index is 0.0181. The summed E-state index contributed by atoms with van der Waals surface area (Å²) in [5, 5.41) is 18.9. The van der Waals surface area contributed by atoms with Crippen LogP contribution in [0.25, 0.3) is 0 Å². The smallest absolute Gasteiger partial charge is 0.254 e. The molecule has 0 spiro atoms. The standard InChI is InChI=1S/C26H22F3IN2O2/c27-21-9-8-19(20(24(21)29)12-17-6-7-18(30)13-22(17)28)25(33)32-14-26(34,15-32)11-10-23(31)16-4-2-1-3-5-16/h1-9,13,31,34H,10-12,14-15H2. The van der Waals surface area contributed by atoms with Gasteiger partial charge in [0.25, 0.3) is 5.91 Å². The number of nitrogens with one attached hydrogen (secondary N) is 1. The molecule has 0 bridgehead atoms. The largest absolute Gasteiger partial charge is 0.386 e. The third kappa shape index (κ3) is 5.17. The van der Waals surface area contributed by atoms with E-state index >= 15 is 0 Å². The maximum atomic E-state index is 14.7. The molecule has 0 radical (unpaired) electrons. The number of amides is 1. The van der Waals surface area contributed by atoms with Gasteiger partial charge in [-0.25, -0.2) is 13.2 Å². The molecule has 1 fully saturated rings. The van der Waals surface area contributed by atoms with Crippen LogP contribution in [0.2, 0.25) is 0 Å². The first-order valence-corrected chi connectivity index (χ1v) is 11.8. The number of nitrogens with zero attached hydrogens (tertiary/aromatic N) is 1. The molecule has 1 heterocycles. The van der Waals surface area contributed by atoms with Gasteiger partial charge < -0.3 is 15.4 Å². The molecular formula is C26H22F3IN2O2. The van der Waals surface area contributed by atoms with E-state index in [2.05, 4.69) is 0 Å². The molecule has 3 aromatic rings. The Kier molecular flexibility index (Phi) is 7.09. The van der Waals surface area contributed by atoms with E-state index in [1.807, 2.05) is 52.9 Å². The van der Waals surface area contributed by atoms with Crippen LogP contribution >= 0.6 is 22.6 Å². The summed E-state index contributed by atoms with van der Waals surface area (Å²) in [6, 6.07) is 15.7. The van der Waals surface area contributed by atoms with Crippen LogP contribution in [0.15, 0.2) is 60.7 Å². The van der Waals surface area contributed by atoms with Crippen molar-refractivity contribution in [3.63, 3.8) is 0 Å². The summed E-state index contributed by atoms with van der Waals surface area (Å²) in [5.41, 5.74) is -0.118. The highest BCUT2D eigenvalue weighted by Gasteiger charge is 2.44. The van der Waals surface area contributed by atoms with Gasteiger partial charge in [0.2, 0.25) is 0 Å². The second kappa shape index (κ2) is 9.87. The normalized spacial score (nSPS) is 14.6. The average molecular weight is 578 g/mol. The third-order valence-electron chi connectivity index (χ3n) is 6.03. The zero-order valence-corrected chi connectivity index (χ0v) is 20.3. The van der Waals surface area contributed by atoms with E-state index in [9.17, 15) is 23.1 Å². The zero-order valence-electron chi connectivity index (χ0n) is 18.1. The quantitative estimate of drug-likeness (QED) is 0.294. The summed E-state index contributed by atoms with van der Waals surface area (Å²) in [6.07, 6.45) is 0.355. The van der Waals surface area contributed by atoms with Crippen molar-refractivity contribution in [3.05, 3.63) is 104 Å². The summed E-state index contributed by atoms with van der Waals surface area (Å²) in [6.45, 7) is 0.0362. The van der Waals surface area contributed by atoms with Gasteiger partial charge in [-0.3, -0.25) is 4.79 Å². The number of hydrogen-bond donors (Lipinski definition) is 2. The molecule has 1 aliphatic heterocycles. The van der Waals surface area contributed by atoms with Gasteiger partial charge in [-0.05, 0) is 70.8 Å². The third-order valence-corrected chi connectivity index (χ3v) is 6.70. The molecule has 3 aromatic carbocycles. The summed E-state index contributed by atoms with van der Waals surface area (Å²) >= 11 is 1.95. The Balaban J connectivity index is 1.46. The molecule has 2 N–H and O–H groups in total. The van der Waals surface area contributed by atoms with Crippen molar-refractivity contribution in [3.8, 4) is 0 Å². The van der Waals surface area contributed by atoms with E-state index in [0.717, 1.165) is 11.6 Å². The number of hydrogen-bond acceptors (Lipinski definition) is 3. The Morgan fingerprint density at radius 1 is 1.03 bits per heavy atom. The predicted molar refractivity (Wildman–Crippen MR) is 132 cm³/mol. The van der Waals surface area contributed by atoms with Gasteiger partial charge >= 0.3 is 0 Å². The Morgan fingerprint density at radius 3 is 2.41 bits per heavy atom. The molecule has 1 amide bonds. The number of carbonyl (C=O) groups is 1. The molecule has 0 atom stereocenters. The Morgan fingerprint density at radius 2 is 1.74 bits per heavy atom. The molecule has 4 nitrogen and oxygen atoms in total. The molecule has 1 saturated heterocycles. The van der Waals surface area contributed by atoms with Crippen molar-refractivity contribution in [1.29, 1.82) is 5.41 Å². The van der Waals surface area contributed by atoms with Crippen LogP contribution in [0.4, 0.5) is 13.2 Å². The average Bonchev–Trinajstić information content (AvgIpc) is 2.80. The first-order chi connectivity index (χ1) is 16.2. The first kappa shape index (κ1) is 24.4. The monoisotopic (exact) mass is 578 g/mol. The molecule has 0 aliphatic carbocycles. The van der Waals surface area contributed by atoms with Crippen LogP contribution in [0.5, 0.6) is 0 Å². The molecule has 1 aliphatic rings. The fraction of sp³-hybridized carbons (Fsp3) is 0.231. The second-order valence-electron chi connectivity index (χ2n) is 8.53. The Labute approximate surface area is 209 Å². The van der Waals surface area contributed by atoms with Gasteiger partial charge in [0.15, 0.2) is 11.6 Å². The molecule has 4 rings (SSSR count). The van der Waals surface area contributed by atoms with Crippen molar-refractivity contribution >= 4 is 34.2 Å². The molecule has 34 heavy (non-hydrogen) atoms. The molecule has 176 valence electrons. The van der Waals surface area contributed by atoms with Gasteiger partial charge in [-0.2, -0.15) is 0 Å². The highest BCUT2D eigenvalue weighted by Crippen LogP contribution is 2.30. The molecule has 0 saturated carbocycles. The van der Waals surface area contributed by atoms with Crippen molar-refractivity contribution in [2.75, 3.05) is 13.1 Å². The van der Waals surface area contributed by atoms with E-state index < -0.39 is 29.0 Å². The maximum Gasteiger partial charge on any atom is 0.254 e. The number of carbonyl (C=O) groups excluding carboxylic acids is 1. The van der Waals surface area contributed by atoms with Gasteiger partial charge in [0.1, 0.15) is 11.4 Å². The lowest BCUT2D eigenvalue weighted by atomic mass is 9.86. The molecule has 8 heteroatoms.